The topological polar surface area (TPSA) is 72.2 Å². The Hall–Kier alpha value is -3.87. The molecule has 4 aromatic rings. The Kier molecular flexibility index (Phi) is 5.57. The third kappa shape index (κ3) is 4.14. The molecule has 4 rings (SSSR count). The summed E-state index contributed by atoms with van der Waals surface area (Å²) in [5, 5.41) is 5.56. The average molecular weight is 436 g/mol. The molecule has 0 spiro atoms. The Balaban J connectivity index is 1.74. The van der Waals surface area contributed by atoms with Gasteiger partial charge in [-0.1, -0.05) is 66.7 Å². The zero-order valence-electron chi connectivity index (χ0n) is 16.8. The first-order valence-corrected chi connectivity index (χ1v) is 9.91. The van der Waals surface area contributed by atoms with Gasteiger partial charge in [-0.2, -0.15) is 13.2 Å². The van der Waals surface area contributed by atoms with E-state index in [4.69, 9.17) is 5.73 Å². The third-order valence-electron chi connectivity index (χ3n) is 5.39. The highest BCUT2D eigenvalue weighted by atomic mass is 19.4. The number of nitrogens with two attached hydrogens (primary N) is 1. The van der Waals surface area contributed by atoms with Gasteiger partial charge in [0, 0.05) is 6.42 Å². The first-order chi connectivity index (χ1) is 15.3. The first kappa shape index (κ1) is 21.4. The van der Waals surface area contributed by atoms with Crippen LogP contribution in [0.5, 0.6) is 0 Å². The summed E-state index contributed by atoms with van der Waals surface area (Å²) in [6.07, 6.45) is -4.96. The lowest BCUT2D eigenvalue weighted by atomic mass is 9.95. The molecule has 3 N–H and O–H groups in total. The first-order valence-electron chi connectivity index (χ1n) is 9.91. The Bertz CT molecular complexity index is 1280. The Morgan fingerprint density at radius 2 is 1.38 bits per heavy atom. The van der Waals surface area contributed by atoms with Crippen LogP contribution < -0.4 is 11.1 Å². The van der Waals surface area contributed by atoms with Crippen molar-refractivity contribution in [1.82, 2.24) is 5.32 Å². The smallest absolute Gasteiger partial charge is 0.368 e. The lowest BCUT2D eigenvalue weighted by Gasteiger charge is -2.20. The highest BCUT2D eigenvalue weighted by Crippen LogP contribution is 2.33. The van der Waals surface area contributed by atoms with E-state index in [1.807, 2.05) is 30.3 Å². The van der Waals surface area contributed by atoms with Gasteiger partial charge in [0.05, 0.1) is 11.1 Å². The standard InChI is InChI=1S/C25H19F3N2O2/c26-25(27,28)20-12-6-3-9-17(20)14-21(23(29)31)30-24(32)22-18-10-4-1-7-15(18)13-16-8-2-5-11-19(16)22/h1-13,21H,14H2,(H2,29,31)(H,30,32)/t21-/m1/s1. The van der Waals surface area contributed by atoms with Crippen LogP contribution in [0.3, 0.4) is 0 Å². The summed E-state index contributed by atoms with van der Waals surface area (Å²) in [4.78, 5) is 25.4. The van der Waals surface area contributed by atoms with Gasteiger partial charge in [0.2, 0.25) is 5.91 Å². The molecule has 0 aliphatic carbocycles. The van der Waals surface area contributed by atoms with E-state index < -0.39 is 29.6 Å². The fourth-order valence-corrected chi connectivity index (χ4v) is 3.91. The number of primary amides is 1. The normalized spacial score (nSPS) is 12.6. The maximum absolute atomic E-state index is 13.4. The summed E-state index contributed by atoms with van der Waals surface area (Å²) in [7, 11) is 0. The Morgan fingerprint density at radius 1 is 0.844 bits per heavy atom. The summed E-state index contributed by atoms with van der Waals surface area (Å²) >= 11 is 0. The van der Waals surface area contributed by atoms with Crippen molar-refractivity contribution in [3.63, 3.8) is 0 Å². The molecule has 0 aliphatic heterocycles. The number of fused-ring (bicyclic) bond motifs is 2. The molecule has 0 heterocycles. The Morgan fingerprint density at radius 3 is 1.94 bits per heavy atom. The van der Waals surface area contributed by atoms with E-state index in [2.05, 4.69) is 5.32 Å². The van der Waals surface area contributed by atoms with Crippen molar-refractivity contribution in [2.45, 2.75) is 18.6 Å². The molecule has 0 aromatic heterocycles. The number of rotatable bonds is 5. The molecule has 0 fully saturated rings. The van der Waals surface area contributed by atoms with Crippen LogP contribution in [0, 0.1) is 0 Å². The van der Waals surface area contributed by atoms with Gasteiger partial charge >= 0.3 is 6.18 Å². The number of nitrogens with one attached hydrogen (secondary N) is 1. The number of alkyl halides is 3. The molecule has 2 amide bonds. The number of halogens is 3. The van der Waals surface area contributed by atoms with Crippen molar-refractivity contribution in [3.8, 4) is 0 Å². The number of carbonyl (C=O) groups excluding carboxylic acids is 2. The van der Waals surface area contributed by atoms with Crippen molar-refractivity contribution in [3.05, 3.63) is 95.6 Å². The lowest BCUT2D eigenvalue weighted by molar-refractivity contribution is -0.138. The third-order valence-corrected chi connectivity index (χ3v) is 5.39. The van der Waals surface area contributed by atoms with Crippen LogP contribution in [0.4, 0.5) is 13.2 Å². The number of amides is 2. The fraction of sp³-hybridized carbons (Fsp3) is 0.120. The van der Waals surface area contributed by atoms with E-state index in [1.54, 1.807) is 24.3 Å². The predicted octanol–water partition coefficient (Wildman–Crippen LogP) is 4.84. The molecule has 1 atom stereocenters. The quantitative estimate of drug-likeness (QED) is 0.440. The van der Waals surface area contributed by atoms with Gasteiger partial charge in [0.15, 0.2) is 0 Å². The number of carbonyl (C=O) groups is 2. The summed E-state index contributed by atoms with van der Waals surface area (Å²) in [6.45, 7) is 0. The van der Waals surface area contributed by atoms with Crippen LogP contribution in [0.25, 0.3) is 21.5 Å². The van der Waals surface area contributed by atoms with Crippen LogP contribution in [0.15, 0.2) is 78.9 Å². The molecular formula is C25H19F3N2O2. The highest BCUT2D eigenvalue weighted by molar-refractivity contribution is 6.18. The molecule has 0 saturated carbocycles. The number of benzene rings is 4. The van der Waals surface area contributed by atoms with Gasteiger partial charge in [0.25, 0.3) is 5.91 Å². The van der Waals surface area contributed by atoms with E-state index in [0.717, 1.165) is 16.8 Å². The molecule has 162 valence electrons. The zero-order valence-corrected chi connectivity index (χ0v) is 16.8. The van der Waals surface area contributed by atoms with E-state index >= 15 is 0 Å². The van der Waals surface area contributed by atoms with E-state index in [9.17, 15) is 22.8 Å². The monoisotopic (exact) mass is 436 g/mol. The molecule has 7 heteroatoms. The van der Waals surface area contributed by atoms with Crippen molar-refractivity contribution in [1.29, 1.82) is 0 Å². The Labute approximate surface area is 181 Å². The predicted molar refractivity (Wildman–Crippen MR) is 117 cm³/mol. The van der Waals surface area contributed by atoms with Crippen molar-refractivity contribution >= 4 is 33.4 Å². The van der Waals surface area contributed by atoms with Gasteiger partial charge in [0.1, 0.15) is 6.04 Å². The molecule has 0 aliphatic rings. The minimum Gasteiger partial charge on any atom is -0.368 e. The maximum atomic E-state index is 13.4. The minimum absolute atomic E-state index is 0.119. The van der Waals surface area contributed by atoms with Crippen molar-refractivity contribution in [2.24, 2.45) is 5.73 Å². The SMILES string of the molecule is NC(=O)[C@@H](Cc1ccccc1C(F)(F)F)NC(=O)c1c2ccccc2cc2ccccc12. The fourth-order valence-electron chi connectivity index (χ4n) is 3.91. The molecule has 0 bridgehead atoms. The van der Waals surface area contributed by atoms with Gasteiger partial charge in [-0.3, -0.25) is 9.59 Å². The van der Waals surface area contributed by atoms with Crippen LogP contribution >= 0.6 is 0 Å². The molecular weight excluding hydrogens is 417 g/mol. The van der Waals surface area contributed by atoms with Gasteiger partial charge < -0.3 is 11.1 Å². The molecule has 32 heavy (non-hydrogen) atoms. The van der Waals surface area contributed by atoms with E-state index in [0.29, 0.717) is 16.3 Å². The van der Waals surface area contributed by atoms with Gasteiger partial charge in [-0.05, 0) is 39.2 Å². The van der Waals surface area contributed by atoms with E-state index in [1.165, 1.54) is 18.2 Å². The molecule has 0 radical (unpaired) electrons. The van der Waals surface area contributed by atoms with Crippen LogP contribution in [0.1, 0.15) is 21.5 Å². The second-order valence-electron chi connectivity index (χ2n) is 7.48. The molecule has 4 aromatic carbocycles. The molecule has 0 saturated heterocycles. The summed E-state index contributed by atoms with van der Waals surface area (Å²) in [5.74, 6) is -1.49. The van der Waals surface area contributed by atoms with Crippen LogP contribution in [-0.2, 0) is 17.4 Å². The van der Waals surface area contributed by atoms with Gasteiger partial charge in [-0.15, -0.1) is 0 Å². The molecule has 4 nitrogen and oxygen atoms in total. The summed E-state index contributed by atoms with van der Waals surface area (Å²) < 4.78 is 40.1. The van der Waals surface area contributed by atoms with Crippen molar-refractivity contribution < 1.29 is 22.8 Å². The van der Waals surface area contributed by atoms with Crippen molar-refractivity contribution in [2.75, 3.05) is 0 Å². The highest BCUT2D eigenvalue weighted by Gasteiger charge is 2.34. The van der Waals surface area contributed by atoms with Crippen LogP contribution in [0.2, 0.25) is 0 Å². The number of hydrogen-bond acceptors (Lipinski definition) is 2. The second-order valence-corrected chi connectivity index (χ2v) is 7.48. The summed E-state index contributed by atoms with van der Waals surface area (Å²) in [6, 6.07) is 20.1. The zero-order chi connectivity index (χ0) is 22.9. The minimum atomic E-state index is -4.59. The summed E-state index contributed by atoms with van der Waals surface area (Å²) in [5.41, 5.74) is 4.82. The lowest BCUT2D eigenvalue weighted by Crippen LogP contribution is -2.46. The number of hydrogen-bond donors (Lipinski definition) is 2. The van der Waals surface area contributed by atoms with Gasteiger partial charge in [-0.25, -0.2) is 0 Å². The van der Waals surface area contributed by atoms with E-state index in [-0.39, 0.29) is 12.0 Å². The second kappa shape index (κ2) is 8.34. The average Bonchev–Trinajstić information content (AvgIpc) is 2.76. The van der Waals surface area contributed by atoms with Crippen LogP contribution in [-0.4, -0.2) is 17.9 Å². The molecule has 0 unspecified atom stereocenters. The maximum Gasteiger partial charge on any atom is 0.416 e. The largest absolute Gasteiger partial charge is 0.416 e.